The zero-order valence-corrected chi connectivity index (χ0v) is 17.7. The summed E-state index contributed by atoms with van der Waals surface area (Å²) in [5, 5.41) is 13.6. The van der Waals surface area contributed by atoms with Crippen LogP contribution in [0, 0.1) is 0 Å². The number of guanidine groups is 1. The largest absolute Gasteiger partial charge is 0.469 e. The summed E-state index contributed by atoms with van der Waals surface area (Å²) >= 11 is 1.73. The molecule has 0 unspecified atom stereocenters. The molecule has 0 radical (unpaired) electrons. The highest BCUT2D eigenvalue weighted by atomic mass is 32.1. The zero-order chi connectivity index (χ0) is 20.6. The van der Waals surface area contributed by atoms with Crippen LogP contribution >= 0.6 is 11.3 Å². The Bertz CT molecular complexity index is 1050. The fourth-order valence-electron chi connectivity index (χ4n) is 3.17. The molecule has 7 heteroatoms. The first kappa shape index (κ1) is 20.0. The van der Waals surface area contributed by atoms with E-state index in [0.717, 1.165) is 48.1 Å². The molecule has 0 amide bonds. The smallest absolute Gasteiger partial charge is 0.191 e. The molecule has 0 saturated heterocycles. The lowest BCUT2D eigenvalue weighted by atomic mass is 10.1. The van der Waals surface area contributed by atoms with Gasteiger partial charge in [-0.1, -0.05) is 36.4 Å². The number of aromatic nitrogens is 2. The van der Waals surface area contributed by atoms with Gasteiger partial charge in [0.25, 0.3) is 0 Å². The van der Waals surface area contributed by atoms with Crippen molar-refractivity contribution in [1.82, 2.24) is 20.4 Å². The Kier molecular flexibility index (Phi) is 6.61. The summed E-state index contributed by atoms with van der Waals surface area (Å²) in [6.45, 7) is 2.02. The van der Waals surface area contributed by atoms with Gasteiger partial charge in [-0.15, -0.1) is 11.3 Å². The molecule has 0 bridgehead atoms. The molecule has 30 heavy (non-hydrogen) atoms. The highest BCUT2D eigenvalue weighted by molar-refractivity contribution is 7.09. The first-order valence-electron chi connectivity index (χ1n) is 9.93. The first-order valence-corrected chi connectivity index (χ1v) is 10.8. The Balaban J connectivity index is 1.46. The van der Waals surface area contributed by atoms with Gasteiger partial charge in [0.05, 0.1) is 25.0 Å². The predicted molar refractivity (Wildman–Crippen MR) is 121 cm³/mol. The molecule has 0 spiro atoms. The van der Waals surface area contributed by atoms with E-state index in [0.29, 0.717) is 6.54 Å². The number of rotatable bonds is 8. The highest BCUT2D eigenvalue weighted by Crippen LogP contribution is 2.22. The van der Waals surface area contributed by atoms with Crippen molar-refractivity contribution in [3.63, 3.8) is 0 Å². The minimum Gasteiger partial charge on any atom is -0.469 e. The molecule has 3 heterocycles. The summed E-state index contributed by atoms with van der Waals surface area (Å²) in [7, 11) is 1.94. The van der Waals surface area contributed by atoms with Crippen LogP contribution in [0.5, 0.6) is 0 Å². The standard InChI is InChI=1S/C23H25N5OS/c1-28-17-19(22(27-28)18-7-3-2-4-8-18)15-25-23(26-16-21-10-6-14-30-21)24-12-11-20-9-5-13-29-20/h2-10,13-14,17H,11-12,15-16H2,1H3,(H2,24,25,26). The van der Waals surface area contributed by atoms with E-state index in [1.54, 1.807) is 17.6 Å². The topological polar surface area (TPSA) is 67.4 Å². The van der Waals surface area contributed by atoms with Crippen LogP contribution in [0.25, 0.3) is 11.3 Å². The normalized spacial score (nSPS) is 11.6. The van der Waals surface area contributed by atoms with Crippen molar-refractivity contribution >= 4 is 17.3 Å². The molecule has 154 valence electrons. The second-order valence-electron chi connectivity index (χ2n) is 6.90. The van der Waals surface area contributed by atoms with Crippen LogP contribution in [0.4, 0.5) is 0 Å². The Labute approximate surface area is 180 Å². The molecular weight excluding hydrogens is 394 g/mol. The summed E-state index contributed by atoms with van der Waals surface area (Å²) in [4.78, 5) is 6.09. The molecule has 2 N–H and O–H groups in total. The van der Waals surface area contributed by atoms with E-state index in [9.17, 15) is 0 Å². The van der Waals surface area contributed by atoms with Crippen LogP contribution < -0.4 is 10.6 Å². The number of hydrogen-bond acceptors (Lipinski definition) is 4. The molecule has 0 aliphatic heterocycles. The van der Waals surface area contributed by atoms with Gasteiger partial charge >= 0.3 is 0 Å². The molecule has 0 aliphatic rings. The highest BCUT2D eigenvalue weighted by Gasteiger charge is 2.10. The molecule has 1 aromatic carbocycles. The minimum atomic E-state index is 0.540. The number of aliphatic imine (C=N–C) groups is 1. The van der Waals surface area contributed by atoms with Crippen LogP contribution in [-0.2, 0) is 26.6 Å². The van der Waals surface area contributed by atoms with E-state index < -0.39 is 0 Å². The number of aryl methyl sites for hydroxylation is 1. The third kappa shape index (κ3) is 5.39. The summed E-state index contributed by atoms with van der Waals surface area (Å²) in [6, 6.07) is 18.3. The van der Waals surface area contributed by atoms with Gasteiger partial charge < -0.3 is 15.1 Å². The third-order valence-electron chi connectivity index (χ3n) is 4.61. The van der Waals surface area contributed by atoms with Gasteiger partial charge in [-0.05, 0) is 23.6 Å². The van der Waals surface area contributed by atoms with Crippen molar-refractivity contribution < 1.29 is 4.42 Å². The summed E-state index contributed by atoms with van der Waals surface area (Å²) in [5.74, 6) is 1.73. The van der Waals surface area contributed by atoms with Gasteiger partial charge in [0.1, 0.15) is 5.76 Å². The lowest BCUT2D eigenvalue weighted by Gasteiger charge is -2.12. The molecule has 6 nitrogen and oxygen atoms in total. The monoisotopic (exact) mass is 419 g/mol. The van der Waals surface area contributed by atoms with Crippen LogP contribution in [-0.4, -0.2) is 22.3 Å². The fraction of sp³-hybridized carbons (Fsp3) is 0.217. The Morgan fingerprint density at radius 1 is 1.10 bits per heavy atom. The molecule has 0 fully saturated rings. The molecule has 3 aromatic heterocycles. The van der Waals surface area contributed by atoms with Crippen molar-refractivity contribution in [2.24, 2.45) is 12.0 Å². The van der Waals surface area contributed by atoms with Crippen molar-refractivity contribution in [3.8, 4) is 11.3 Å². The van der Waals surface area contributed by atoms with Crippen molar-refractivity contribution in [1.29, 1.82) is 0 Å². The first-order chi connectivity index (χ1) is 14.8. The quantitative estimate of drug-likeness (QED) is 0.331. The third-order valence-corrected chi connectivity index (χ3v) is 5.49. The molecule has 0 atom stereocenters. The second kappa shape index (κ2) is 9.93. The van der Waals surface area contributed by atoms with E-state index in [2.05, 4.69) is 45.4 Å². The van der Waals surface area contributed by atoms with Crippen LogP contribution in [0.3, 0.4) is 0 Å². The Morgan fingerprint density at radius 2 is 2.00 bits per heavy atom. The maximum absolute atomic E-state index is 5.42. The average molecular weight is 420 g/mol. The fourth-order valence-corrected chi connectivity index (χ4v) is 3.82. The van der Waals surface area contributed by atoms with Gasteiger partial charge in [-0.2, -0.15) is 5.10 Å². The Morgan fingerprint density at radius 3 is 2.77 bits per heavy atom. The van der Waals surface area contributed by atoms with Gasteiger partial charge in [0, 0.05) is 42.2 Å². The molecule has 0 saturated carbocycles. The van der Waals surface area contributed by atoms with E-state index in [-0.39, 0.29) is 0 Å². The summed E-state index contributed by atoms with van der Waals surface area (Å²) in [6.07, 6.45) is 4.54. The number of thiophene rings is 1. The summed E-state index contributed by atoms with van der Waals surface area (Å²) < 4.78 is 7.26. The van der Waals surface area contributed by atoms with Crippen molar-refractivity contribution in [3.05, 3.63) is 88.6 Å². The summed E-state index contributed by atoms with van der Waals surface area (Å²) in [5.41, 5.74) is 3.16. The van der Waals surface area contributed by atoms with E-state index in [1.807, 2.05) is 48.3 Å². The molecular formula is C23H25N5OS. The Hall–Kier alpha value is -3.32. The minimum absolute atomic E-state index is 0.540. The maximum Gasteiger partial charge on any atom is 0.191 e. The number of furan rings is 1. The predicted octanol–water partition coefficient (Wildman–Crippen LogP) is 4.22. The van der Waals surface area contributed by atoms with Crippen LogP contribution in [0.1, 0.15) is 16.2 Å². The van der Waals surface area contributed by atoms with Crippen LogP contribution in [0.2, 0.25) is 0 Å². The zero-order valence-electron chi connectivity index (χ0n) is 16.9. The molecule has 0 aliphatic carbocycles. The average Bonchev–Trinajstić information content (AvgIpc) is 3.53. The second-order valence-corrected chi connectivity index (χ2v) is 7.93. The van der Waals surface area contributed by atoms with E-state index in [4.69, 9.17) is 9.41 Å². The molecule has 4 aromatic rings. The number of hydrogen-bond donors (Lipinski definition) is 2. The van der Waals surface area contributed by atoms with Crippen molar-refractivity contribution in [2.45, 2.75) is 19.5 Å². The molecule has 4 rings (SSSR count). The van der Waals surface area contributed by atoms with Gasteiger partial charge in [-0.3, -0.25) is 4.68 Å². The van der Waals surface area contributed by atoms with Gasteiger partial charge in [-0.25, -0.2) is 4.99 Å². The lowest BCUT2D eigenvalue weighted by molar-refractivity contribution is 0.506. The number of benzene rings is 1. The van der Waals surface area contributed by atoms with Gasteiger partial charge in [0.2, 0.25) is 0 Å². The van der Waals surface area contributed by atoms with E-state index in [1.165, 1.54) is 4.88 Å². The lowest BCUT2D eigenvalue weighted by Crippen LogP contribution is -2.38. The van der Waals surface area contributed by atoms with Crippen LogP contribution in [0.15, 0.2) is 81.8 Å². The van der Waals surface area contributed by atoms with E-state index >= 15 is 0 Å². The number of nitrogens with one attached hydrogen (secondary N) is 2. The van der Waals surface area contributed by atoms with Crippen molar-refractivity contribution in [2.75, 3.05) is 6.54 Å². The maximum atomic E-state index is 5.42. The number of nitrogens with zero attached hydrogens (tertiary/aromatic N) is 3. The SMILES string of the molecule is Cn1cc(CN=C(NCCc2ccco2)NCc2cccs2)c(-c2ccccc2)n1. The van der Waals surface area contributed by atoms with Gasteiger partial charge in [0.15, 0.2) is 5.96 Å².